The average Bonchev–Trinajstić information content (AvgIpc) is 3.09. The van der Waals surface area contributed by atoms with E-state index in [2.05, 4.69) is 10.3 Å². The van der Waals surface area contributed by atoms with Gasteiger partial charge in [-0.15, -0.1) is 0 Å². The van der Waals surface area contributed by atoms with Crippen molar-refractivity contribution in [3.63, 3.8) is 0 Å². The lowest BCUT2D eigenvalue weighted by atomic mass is 10.1. The number of aromatic nitrogens is 1. The van der Waals surface area contributed by atoms with Gasteiger partial charge in [0.2, 0.25) is 5.91 Å². The number of hydrogen-bond acceptors (Lipinski definition) is 4. The summed E-state index contributed by atoms with van der Waals surface area (Å²) in [6, 6.07) is 21.8. The maximum atomic E-state index is 13.3. The molecule has 1 N–H and O–H groups in total. The number of benzene rings is 3. The van der Waals surface area contributed by atoms with Gasteiger partial charge in [-0.2, -0.15) is 0 Å². The molecule has 0 radical (unpaired) electrons. The van der Waals surface area contributed by atoms with E-state index in [9.17, 15) is 9.18 Å². The fourth-order valence-corrected chi connectivity index (χ4v) is 3.65. The number of ether oxygens (including phenoxy) is 1. The van der Waals surface area contributed by atoms with Gasteiger partial charge < -0.3 is 10.1 Å². The highest BCUT2D eigenvalue weighted by Gasteiger charge is 2.09. The third-order valence-electron chi connectivity index (χ3n) is 4.13. The summed E-state index contributed by atoms with van der Waals surface area (Å²) < 4.78 is 19.7. The number of nitrogens with zero attached hydrogens (tertiary/aromatic N) is 1. The molecule has 0 aliphatic heterocycles. The van der Waals surface area contributed by atoms with Crippen LogP contribution in [0.1, 0.15) is 11.1 Å². The first-order chi connectivity index (χ1) is 13.7. The van der Waals surface area contributed by atoms with E-state index in [4.69, 9.17) is 4.74 Å². The van der Waals surface area contributed by atoms with Gasteiger partial charge in [-0.25, -0.2) is 9.37 Å². The molecule has 0 aliphatic carbocycles. The zero-order valence-corrected chi connectivity index (χ0v) is 15.7. The lowest BCUT2D eigenvalue weighted by Gasteiger charge is -2.07. The second kappa shape index (κ2) is 8.19. The number of carbonyl (C=O) groups excluding carboxylic acids is 1. The van der Waals surface area contributed by atoms with Gasteiger partial charge in [0.1, 0.15) is 18.2 Å². The lowest BCUT2D eigenvalue weighted by Crippen LogP contribution is -2.14. The quantitative estimate of drug-likeness (QED) is 0.491. The molecule has 0 saturated carbocycles. The number of amides is 1. The van der Waals surface area contributed by atoms with Crippen LogP contribution in [0.15, 0.2) is 72.8 Å². The first kappa shape index (κ1) is 18.1. The van der Waals surface area contributed by atoms with E-state index in [-0.39, 0.29) is 18.1 Å². The average molecular weight is 392 g/mol. The zero-order chi connectivity index (χ0) is 19.3. The summed E-state index contributed by atoms with van der Waals surface area (Å²) in [6.07, 6.45) is 0.225. The Kier molecular flexibility index (Phi) is 5.30. The molecule has 0 unspecified atom stereocenters. The molecule has 4 nitrogen and oxygen atoms in total. The summed E-state index contributed by atoms with van der Waals surface area (Å²) in [4.78, 5) is 16.6. The van der Waals surface area contributed by atoms with Crippen LogP contribution in [0.25, 0.3) is 10.2 Å². The third kappa shape index (κ3) is 4.53. The molecule has 6 heteroatoms. The second-order valence-corrected chi connectivity index (χ2v) is 7.30. The molecule has 140 valence electrons. The highest BCUT2D eigenvalue weighted by atomic mass is 32.1. The Hall–Kier alpha value is -3.25. The van der Waals surface area contributed by atoms with Crippen LogP contribution in [0.2, 0.25) is 0 Å². The fraction of sp³-hybridized carbons (Fsp3) is 0.0909. The normalized spacial score (nSPS) is 10.8. The minimum absolute atomic E-state index is 0.169. The Morgan fingerprint density at radius 3 is 2.57 bits per heavy atom. The van der Waals surface area contributed by atoms with Gasteiger partial charge in [0, 0.05) is 0 Å². The first-order valence-corrected chi connectivity index (χ1v) is 9.59. The summed E-state index contributed by atoms with van der Waals surface area (Å²) in [7, 11) is 0. The number of fused-ring (bicyclic) bond motifs is 1. The zero-order valence-electron chi connectivity index (χ0n) is 14.9. The van der Waals surface area contributed by atoms with Crippen LogP contribution in [0.3, 0.4) is 0 Å². The predicted octanol–water partition coefficient (Wildman–Crippen LogP) is 5.20. The topological polar surface area (TPSA) is 51.2 Å². The van der Waals surface area contributed by atoms with Crippen molar-refractivity contribution in [2.24, 2.45) is 0 Å². The molecular weight excluding hydrogens is 375 g/mol. The van der Waals surface area contributed by atoms with E-state index in [1.54, 1.807) is 6.07 Å². The smallest absolute Gasteiger partial charge is 0.230 e. The van der Waals surface area contributed by atoms with Gasteiger partial charge in [-0.1, -0.05) is 53.8 Å². The van der Waals surface area contributed by atoms with Gasteiger partial charge in [-0.3, -0.25) is 4.79 Å². The summed E-state index contributed by atoms with van der Waals surface area (Å²) >= 11 is 1.25. The molecule has 0 spiro atoms. The SMILES string of the molecule is O=C(Cc1ccc(OCc2ccccc2)cc1)Nc1nc2ccc(F)cc2s1. The van der Waals surface area contributed by atoms with Gasteiger partial charge >= 0.3 is 0 Å². The van der Waals surface area contributed by atoms with Crippen molar-refractivity contribution < 1.29 is 13.9 Å². The van der Waals surface area contributed by atoms with Gasteiger partial charge in [0.05, 0.1) is 16.6 Å². The maximum Gasteiger partial charge on any atom is 0.230 e. The van der Waals surface area contributed by atoms with Crippen LogP contribution in [-0.4, -0.2) is 10.9 Å². The fourth-order valence-electron chi connectivity index (χ4n) is 2.75. The molecule has 0 aliphatic rings. The molecule has 1 heterocycles. The van der Waals surface area contributed by atoms with E-state index < -0.39 is 0 Å². The van der Waals surface area contributed by atoms with Crippen molar-refractivity contribution in [3.8, 4) is 5.75 Å². The molecular formula is C22H17FN2O2S. The molecule has 0 fully saturated rings. The molecule has 4 rings (SSSR count). The summed E-state index contributed by atoms with van der Waals surface area (Å²) in [5, 5.41) is 3.24. The molecule has 0 saturated heterocycles. The number of carbonyl (C=O) groups is 1. The standard InChI is InChI=1S/C22H17FN2O2S/c23-17-8-11-19-20(13-17)28-22(24-19)25-21(26)12-15-6-9-18(10-7-15)27-14-16-4-2-1-3-5-16/h1-11,13H,12,14H2,(H,24,25,26). The molecule has 3 aromatic carbocycles. The Morgan fingerprint density at radius 2 is 1.79 bits per heavy atom. The van der Waals surface area contributed by atoms with Crippen LogP contribution < -0.4 is 10.1 Å². The molecule has 0 atom stereocenters. The van der Waals surface area contributed by atoms with Crippen LogP contribution >= 0.6 is 11.3 Å². The molecule has 1 aromatic heterocycles. The Balaban J connectivity index is 1.33. The van der Waals surface area contributed by atoms with E-state index >= 15 is 0 Å². The van der Waals surface area contributed by atoms with E-state index in [1.165, 1.54) is 23.5 Å². The maximum absolute atomic E-state index is 13.3. The molecule has 28 heavy (non-hydrogen) atoms. The summed E-state index contributed by atoms with van der Waals surface area (Å²) in [6.45, 7) is 0.499. The van der Waals surface area contributed by atoms with Crippen molar-refractivity contribution in [1.82, 2.24) is 4.98 Å². The minimum Gasteiger partial charge on any atom is -0.489 e. The summed E-state index contributed by atoms with van der Waals surface area (Å²) in [5.74, 6) is 0.266. The largest absolute Gasteiger partial charge is 0.489 e. The lowest BCUT2D eigenvalue weighted by molar-refractivity contribution is -0.115. The Labute approximate surface area is 165 Å². The Bertz CT molecular complexity index is 1090. The number of halogens is 1. The number of rotatable bonds is 6. The van der Waals surface area contributed by atoms with E-state index in [0.717, 1.165) is 16.9 Å². The monoisotopic (exact) mass is 392 g/mol. The van der Waals surface area contributed by atoms with E-state index in [1.807, 2.05) is 54.6 Å². The van der Waals surface area contributed by atoms with Crippen LogP contribution in [-0.2, 0) is 17.8 Å². The van der Waals surface area contributed by atoms with Crippen molar-refractivity contribution in [2.45, 2.75) is 13.0 Å². The highest BCUT2D eigenvalue weighted by molar-refractivity contribution is 7.22. The van der Waals surface area contributed by atoms with Gasteiger partial charge in [0.25, 0.3) is 0 Å². The van der Waals surface area contributed by atoms with Crippen LogP contribution in [0, 0.1) is 5.82 Å². The van der Waals surface area contributed by atoms with Gasteiger partial charge in [0.15, 0.2) is 5.13 Å². The number of nitrogens with one attached hydrogen (secondary N) is 1. The molecule has 1 amide bonds. The minimum atomic E-state index is -0.316. The van der Waals surface area contributed by atoms with E-state index in [0.29, 0.717) is 22.0 Å². The second-order valence-electron chi connectivity index (χ2n) is 6.27. The van der Waals surface area contributed by atoms with Crippen LogP contribution in [0.5, 0.6) is 5.75 Å². The van der Waals surface area contributed by atoms with Crippen molar-refractivity contribution in [3.05, 3.63) is 89.7 Å². The number of anilines is 1. The predicted molar refractivity (Wildman–Crippen MR) is 109 cm³/mol. The third-order valence-corrected chi connectivity index (χ3v) is 5.07. The molecule has 0 bridgehead atoms. The number of hydrogen-bond donors (Lipinski definition) is 1. The van der Waals surface area contributed by atoms with Crippen LogP contribution in [0.4, 0.5) is 9.52 Å². The summed E-state index contributed by atoms with van der Waals surface area (Å²) in [5.41, 5.74) is 2.64. The van der Waals surface area contributed by atoms with Gasteiger partial charge in [-0.05, 0) is 41.5 Å². The van der Waals surface area contributed by atoms with Crippen molar-refractivity contribution in [2.75, 3.05) is 5.32 Å². The van der Waals surface area contributed by atoms with Crippen molar-refractivity contribution in [1.29, 1.82) is 0 Å². The Morgan fingerprint density at radius 1 is 1.00 bits per heavy atom. The number of thiazole rings is 1. The first-order valence-electron chi connectivity index (χ1n) is 8.77. The molecule has 4 aromatic rings. The highest BCUT2D eigenvalue weighted by Crippen LogP contribution is 2.26. The van der Waals surface area contributed by atoms with Crippen molar-refractivity contribution >= 4 is 32.6 Å².